The number of anilines is 1. The fourth-order valence-electron chi connectivity index (χ4n) is 3.01. The van der Waals surface area contributed by atoms with E-state index in [0.717, 1.165) is 16.0 Å². The first kappa shape index (κ1) is 22.4. The number of hydrogen-bond donors (Lipinski definition) is 3. The minimum absolute atomic E-state index is 0.382. The van der Waals surface area contributed by atoms with E-state index in [1.807, 2.05) is 34.6 Å². The second-order valence-corrected chi connectivity index (χ2v) is 5.58. The lowest BCUT2D eigenvalue weighted by Crippen LogP contribution is -2.47. The first-order valence-electron chi connectivity index (χ1n) is 9.38. The Morgan fingerprint density at radius 1 is 0.926 bits per heavy atom. The lowest BCUT2D eigenvalue weighted by Gasteiger charge is -2.30. The van der Waals surface area contributed by atoms with Gasteiger partial charge in [-0.25, -0.2) is 9.69 Å². The predicted molar refractivity (Wildman–Crippen MR) is 108 cm³/mol. The number of rotatable bonds is 9. The highest BCUT2D eigenvalue weighted by molar-refractivity contribution is 6.15. The zero-order valence-corrected chi connectivity index (χ0v) is 17.2. The summed E-state index contributed by atoms with van der Waals surface area (Å²) in [5.41, 5.74) is 7.79. The van der Waals surface area contributed by atoms with Crippen LogP contribution in [-0.2, 0) is 12.8 Å². The normalized spacial score (nSPS) is 10.3. The number of nitrogens with one attached hydrogen (secondary N) is 2. The van der Waals surface area contributed by atoms with E-state index in [-0.39, 0.29) is 5.96 Å². The number of amides is 2. The van der Waals surface area contributed by atoms with E-state index in [0.29, 0.717) is 55.6 Å². The Balaban J connectivity index is 4.03. The molecule has 0 fully saturated rings. The van der Waals surface area contributed by atoms with Crippen molar-refractivity contribution in [3.63, 3.8) is 0 Å². The molecule has 1 aromatic carbocycles. The maximum absolute atomic E-state index is 12.5. The number of carbonyl (C=O) groups excluding carboxylic acids is 1. The molecule has 0 spiro atoms. The van der Waals surface area contributed by atoms with Gasteiger partial charge in [0.15, 0.2) is 11.5 Å². The number of guanidine groups is 1. The number of benzene rings is 1. The van der Waals surface area contributed by atoms with Crippen molar-refractivity contribution < 1.29 is 19.0 Å². The highest BCUT2D eigenvalue weighted by atomic mass is 16.5. The molecule has 0 aliphatic heterocycles. The van der Waals surface area contributed by atoms with Crippen LogP contribution in [-0.4, -0.2) is 38.9 Å². The summed E-state index contributed by atoms with van der Waals surface area (Å²) in [5, 5.41) is 10.5. The Hall–Kier alpha value is -2.64. The van der Waals surface area contributed by atoms with Crippen molar-refractivity contribution in [2.24, 2.45) is 5.73 Å². The van der Waals surface area contributed by atoms with Gasteiger partial charge in [-0.05, 0) is 33.6 Å². The molecule has 4 N–H and O–H groups in total. The van der Waals surface area contributed by atoms with Crippen LogP contribution in [0.5, 0.6) is 17.2 Å². The molecule has 8 nitrogen and oxygen atoms in total. The van der Waals surface area contributed by atoms with Crippen LogP contribution >= 0.6 is 0 Å². The average molecular weight is 380 g/mol. The van der Waals surface area contributed by atoms with Crippen LogP contribution in [0.2, 0.25) is 0 Å². The Bertz CT molecular complexity index is 641. The van der Waals surface area contributed by atoms with Gasteiger partial charge in [-0.3, -0.25) is 5.41 Å². The van der Waals surface area contributed by atoms with E-state index in [9.17, 15) is 4.79 Å². The quantitative estimate of drug-likeness (QED) is 0.450. The van der Waals surface area contributed by atoms with E-state index < -0.39 is 6.03 Å². The maximum atomic E-state index is 12.5. The average Bonchev–Trinajstić information content (AvgIpc) is 2.64. The molecule has 0 aliphatic rings. The second-order valence-electron chi connectivity index (χ2n) is 5.58. The summed E-state index contributed by atoms with van der Waals surface area (Å²) in [6.07, 6.45) is 1.12. The summed E-state index contributed by atoms with van der Waals surface area (Å²) in [7, 11) is 1.50. The highest BCUT2D eigenvalue weighted by Crippen LogP contribution is 2.50. The van der Waals surface area contributed by atoms with Crippen molar-refractivity contribution in [3.8, 4) is 17.2 Å². The Morgan fingerprint density at radius 3 is 1.63 bits per heavy atom. The topological polar surface area (TPSA) is 110 Å². The second kappa shape index (κ2) is 10.5. The molecule has 0 aliphatic carbocycles. The monoisotopic (exact) mass is 380 g/mol. The van der Waals surface area contributed by atoms with Crippen LogP contribution in [0.1, 0.15) is 45.7 Å². The lowest BCUT2D eigenvalue weighted by molar-refractivity contribution is 0.250. The third-order valence-corrected chi connectivity index (χ3v) is 3.99. The van der Waals surface area contributed by atoms with Gasteiger partial charge < -0.3 is 25.3 Å². The smallest absolute Gasteiger partial charge is 0.328 e. The summed E-state index contributed by atoms with van der Waals surface area (Å²) in [6.45, 7) is 10.8. The van der Waals surface area contributed by atoms with Crippen LogP contribution in [0, 0.1) is 5.41 Å². The van der Waals surface area contributed by atoms with E-state index in [4.69, 9.17) is 25.4 Å². The zero-order chi connectivity index (χ0) is 20.6. The molecule has 0 aromatic heterocycles. The maximum Gasteiger partial charge on any atom is 0.328 e. The molecule has 8 heteroatoms. The van der Waals surface area contributed by atoms with E-state index >= 15 is 0 Å². The highest BCUT2D eigenvalue weighted by Gasteiger charge is 2.32. The van der Waals surface area contributed by atoms with Gasteiger partial charge >= 0.3 is 6.03 Å². The third-order valence-electron chi connectivity index (χ3n) is 3.99. The first-order valence-corrected chi connectivity index (χ1v) is 9.38. The third kappa shape index (κ3) is 4.56. The molecule has 0 heterocycles. The van der Waals surface area contributed by atoms with Crippen molar-refractivity contribution in [2.45, 2.75) is 47.5 Å². The molecule has 27 heavy (non-hydrogen) atoms. The van der Waals surface area contributed by atoms with E-state index in [2.05, 4.69) is 5.32 Å². The van der Waals surface area contributed by atoms with Gasteiger partial charge in [-0.2, -0.15) is 0 Å². The van der Waals surface area contributed by atoms with Gasteiger partial charge in [0.05, 0.1) is 25.5 Å². The number of hydrogen-bond acceptors (Lipinski definition) is 5. The molecular formula is C19H32N4O4. The number of nitrogens with two attached hydrogens (primary N) is 1. The number of urea groups is 1. The van der Waals surface area contributed by atoms with Crippen molar-refractivity contribution in [1.29, 1.82) is 5.41 Å². The van der Waals surface area contributed by atoms with Gasteiger partial charge in [-0.1, -0.05) is 13.8 Å². The molecule has 0 bridgehead atoms. The van der Waals surface area contributed by atoms with Crippen LogP contribution in [0.3, 0.4) is 0 Å². The van der Waals surface area contributed by atoms with Crippen molar-refractivity contribution >= 4 is 17.7 Å². The molecule has 0 saturated carbocycles. The summed E-state index contributed by atoms with van der Waals surface area (Å²) in [4.78, 5) is 13.7. The number of ether oxygens (including phenoxy) is 3. The summed E-state index contributed by atoms with van der Waals surface area (Å²) >= 11 is 0. The Kier molecular flexibility index (Phi) is 8.71. The predicted octanol–water partition coefficient (Wildman–Crippen LogP) is 3.05. The van der Waals surface area contributed by atoms with Crippen LogP contribution < -0.4 is 30.2 Å². The Labute approximate surface area is 161 Å². The van der Waals surface area contributed by atoms with Gasteiger partial charge in [-0.15, -0.1) is 0 Å². The van der Waals surface area contributed by atoms with E-state index in [1.165, 1.54) is 7.05 Å². The van der Waals surface area contributed by atoms with Crippen molar-refractivity contribution in [3.05, 3.63) is 11.1 Å². The summed E-state index contributed by atoms with van der Waals surface area (Å²) in [6, 6.07) is -0.499. The van der Waals surface area contributed by atoms with Gasteiger partial charge in [0, 0.05) is 18.2 Å². The minimum Gasteiger partial charge on any atom is -0.489 e. The Morgan fingerprint density at radius 2 is 1.33 bits per heavy atom. The standard InChI is InChI=1S/C19H32N4O4/c1-7-12-14(23(18(20)21)19(24)22-6)13(8-2)16(26-10-4)17(27-11-5)15(12)25-9-3/h7-11H2,1-6H3,(H3,20,21)(H,22,24). The molecule has 1 aromatic rings. The SMILES string of the molecule is CCOc1c(CC)c(N(C(=N)N)C(=O)NC)c(CC)c(OCC)c1OCC. The lowest BCUT2D eigenvalue weighted by atomic mass is 9.98. The van der Waals surface area contributed by atoms with Gasteiger partial charge in [0.25, 0.3) is 0 Å². The molecule has 0 saturated heterocycles. The number of carbonyl (C=O) groups is 1. The molecule has 152 valence electrons. The summed E-state index contributed by atoms with van der Waals surface area (Å²) < 4.78 is 17.7. The first-order chi connectivity index (χ1) is 12.9. The van der Waals surface area contributed by atoms with Crippen molar-refractivity contribution in [1.82, 2.24) is 5.32 Å². The molecule has 0 atom stereocenters. The van der Waals surface area contributed by atoms with Gasteiger partial charge in [0.2, 0.25) is 11.7 Å². The molecule has 0 unspecified atom stereocenters. The van der Waals surface area contributed by atoms with E-state index in [1.54, 1.807) is 0 Å². The molecule has 1 rings (SSSR count). The van der Waals surface area contributed by atoms with Gasteiger partial charge in [0.1, 0.15) is 0 Å². The van der Waals surface area contributed by atoms with Crippen LogP contribution in [0.15, 0.2) is 0 Å². The zero-order valence-electron chi connectivity index (χ0n) is 17.2. The largest absolute Gasteiger partial charge is 0.489 e. The molecule has 0 radical (unpaired) electrons. The van der Waals surface area contributed by atoms with Crippen LogP contribution in [0.25, 0.3) is 0 Å². The molecular weight excluding hydrogens is 348 g/mol. The summed E-state index contributed by atoms with van der Waals surface area (Å²) in [5.74, 6) is 1.19. The minimum atomic E-state index is -0.499. The number of nitrogens with zero attached hydrogens (tertiary/aromatic N) is 1. The fraction of sp³-hybridized carbons (Fsp3) is 0.579. The fourth-order valence-corrected chi connectivity index (χ4v) is 3.01. The van der Waals surface area contributed by atoms with Crippen LogP contribution in [0.4, 0.5) is 10.5 Å². The van der Waals surface area contributed by atoms with Crippen molar-refractivity contribution in [2.75, 3.05) is 31.8 Å². The molecule has 2 amide bonds.